The number of amides is 2. The molecule has 0 atom stereocenters. The van der Waals surface area contributed by atoms with E-state index in [4.69, 9.17) is 5.26 Å². The van der Waals surface area contributed by atoms with Crippen LogP contribution in [0.25, 0.3) is 5.57 Å². The Balaban J connectivity index is 1.80. The van der Waals surface area contributed by atoms with Crippen molar-refractivity contribution in [2.45, 2.75) is 0 Å². The third-order valence-corrected chi connectivity index (χ3v) is 4.58. The lowest BCUT2D eigenvalue weighted by atomic mass is 10.0. The smallest absolute Gasteiger partial charge is 0.282 e. The Hall–Kier alpha value is -4.31. The highest BCUT2D eigenvalue weighted by Gasteiger charge is 2.40. The monoisotopic (exact) mass is 401 g/mol. The van der Waals surface area contributed by atoms with E-state index in [0.29, 0.717) is 22.5 Å². The van der Waals surface area contributed by atoms with E-state index in [9.17, 15) is 18.4 Å². The molecule has 4 rings (SSSR count). The molecule has 1 heterocycles. The van der Waals surface area contributed by atoms with E-state index in [-0.39, 0.29) is 11.3 Å². The molecule has 30 heavy (non-hydrogen) atoms. The van der Waals surface area contributed by atoms with Gasteiger partial charge < -0.3 is 5.32 Å². The molecule has 0 bridgehead atoms. The molecule has 1 aliphatic heterocycles. The van der Waals surface area contributed by atoms with E-state index in [1.54, 1.807) is 0 Å². The number of anilines is 2. The van der Waals surface area contributed by atoms with E-state index in [1.165, 1.54) is 72.8 Å². The Bertz CT molecular complexity index is 1210. The molecule has 3 aromatic rings. The summed E-state index contributed by atoms with van der Waals surface area (Å²) < 4.78 is 26.6. The Kier molecular flexibility index (Phi) is 4.82. The van der Waals surface area contributed by atoms with Crippen LogP contribution in [0.3, 0.4) is 0 Å². The lowest BCUT2D eigenvalue weighted by molar-refractivity contribution is -0.120. The summed E-state index contributed by atoms with van der Waals surface area (Å²) in [5.41, 5.74) is 1.49. The van der Waals surface area contributed by atoms with Gasteiger partial charge in [0.2, 0.25) is 0 Å². The number of hydrogen-bond acceptors (Lipinski definition) is 4. The van der Waals surface area contributed by atoms with Gasteiger partial charge in [-0.2, -0.15) is 5.26 Å². The summed E-state index contributed by atoms with van der Waals surface area (Å²) in [5.74, 6) is -2.14. The third-order valence-electron chi connectivity index (χ3n) is 4.58. The molecule has 0 saturated heterocycles. The number of carbonyl (C=O) groups is 2. The zero-order chi connectivity index (χ0) is 21.3. The van der Waals surface area contributed by atoms with Gasteiger partial charge in [0.05, 0.1) is 22.9 Å². The quantitative estimate of drug-likeness (QED) is 0.664. The minimum Gasteiger partial charge on any atom is -0.350 e. The van der Waals surface area contributed by atoms with Crippen LogP contribution in [0.4, 0.5) is 20.2 Å². The fourth-order valence-electron chi connectivity index (χ4n) is 3.13. The van der Waals surface area contributed by atoms with E-state index in [2.05, 4.69) is 5.32 Å². The molecule has 3 aromatic carbocycles. The van der Waals surface area contributed by atoms with E-state index >= 15 is 0 Å². The first kappa shape index (κ1) is 19.0. The van der Waals surface area contributed by atoms with Crippen molar-refractivity contribution >= 4 is 28.8 Å². The van der Waals surface area contributed by atoms with Crippen molar-refractivity contribution in [2.24, 2.45) is 0 Å². The van der Waals surface area contributed by atoms with Gasteiger partial charge >= 0.3 is 0 Å². The van der Waals surface area contributed by atoms with Crippen LogP contribution >= 0.6 is 0 Å². The standard InChI is InChI=1S/C23H13F2N3O2/c24-16-5-3-15(4-6-16)20-21(27-18-9-7-17(25)8-10-18)23(30)28(22(20)29)19-11-1-14(13-26)2-12-19/h1-12,27H. The maximum Gasteiger partial charge on any atom is 0.282 e. The second kappa shape index (κ2) is 7.60. The number of benzene rings is 3. The molecule has 0 radical (unpaired) electrons. The molecule has 5 nitrogen and oxygen atoms in total. The Morgan fingerprint density at radius 3 is 1.90 bits per heavy atom. The Morgan fingerprint density at radius 1 is 0.767 bits per heavy atom. The molecule has 0 aliphatic carbocycles. The number of imide groups is 1. The molecule has 0 spiro atoms. The van der Waals surface area contributed by atoms with Gasteiger partial charge in [0, 0.05) is 5.69 Å². The van der Waals surface area contributed by atoms with E-state index in [1.807, 2.05) is 6.07 Å². The minimum atomic E-state index is -0.617. The largest absolute Gasteiger partial charge is 0.350 e. The van der Waals surface area contributed by atoms with Crippen molar-refractivity contribution in [3.05, 3.63) is 101 Å². The number of rotatable bonds is 4. The molecule has 7 heteroatoms. The number of nitriles is 1. The maximum absolute atomic E-state index is 13.4. The molecule has 0 saturated carbocycles. The molecule has 0 aromatic heterocycles. The first-order chi connectivity index (χ1) is 14.5. The molecule has 146 valence electrons. The third kappa shape index (κ3) is 3.42. The van der Waals surface area contributed by atoms with Crippen LogP contribution in [0.2, 0.25) is 0 Å². The summed E-state index contributed by atoms with van der Waals surface area (Å²) >= 11 is 0. The lowest BCUT2D eigenvalue weighted by Gasteiger charge is -2.15. The molecule has 0 unspecified atom stereocenters. The van der Waals surface area contributed by atoms with Gasteiger partial charge in [-0.3, -0.25) is 9.59 Å². The van der Waals surface area contributed by atoms with Crippen LogP contribution in [-0.4, -0.2) is 11.8 Å². The second-order valence-electron chi connectivity index (χ2n) is 6.49. The SMILES string of the molecule is N#Cc1ccc(N2C(=O)C(Nc3ccc(F)cc3)=C(c3ccc(F)cc3)C2=O)cc1. The summed E-state index contributed by atoms with van der Waals surface area (Å²) in [7, 11) is 0. The summed E-state index contributed by atoms with van der Waals surface area (Å²) in [4.78, 5) is 27.3. The van der Waals surface area contributed by atoms with Crippen LogP contribution in [-0.2, 0) is 9.59 Å². The molecular formula is C23H13F2N3O2. The highest BCUT2D eigenvalue weighted by atomic mass is 19.1. The van der Waals surface area contributed by atoms with Crippen molar-refractivity contribution < 1.29 is 18.4 Å². The zero-order valence-corrected chi connectivity index (χ0v) is 15.4. The molecule has 1 N–H and O–H groups in total. The van der Waals surface area contributed by atoms with Gasteiger partial charge in [0.1, 0.15) is 17.3 Å². The van der Waals surface area contributed by atoms with Crippen LogP contribution in [0.5, 0.6) is 0 Å². The van der Waals surface area contributed by atoms with Gasteiger partial charge in [0.15, 0.2) is 0 Å². The van der Waals surface area contributed by atoms with Crippen LogP contribution < -0.4 is 10.2 Å². The number of carbonyl (C=O) groups excluding carboxylic acids is 2. The second-order valence-corrected chi connectivity index (χ2v) is 6.49. The van der Waals surface area contributed by atoms with Crippen molar-refractivity contribution in [1.29, 1.82) is 5.26 Å². The van der Waals surface area contributed by atoms with Gasteiger partial charge in [-0.25, -0.2) is 13.7 Å². The number of halogens is 2. The van der Waals surface area contributed by atoms with Crippen LogP contribution in [0.15, 0.2) is 78.5 Å². The summed E-state index contributed by atoms with van der Waals surface area (Å²) in [5, 5.41) is 11.9. The highest BCUT2D eigenvalue weighted by Crippen LogP contribution is 2.34. The predicted molar refractivity (Wildman–Crippen MR) is 107 cm³/mol. The number of nitrogens with one attached hydrogen (secondary N) is 1. The van der Waals surface area contributed by atoms with Crippen molar-refractivity contribution in [3.63, 3.8) is 0 Å². The van der Waals surface area contributed by atoms with E-state index in [0.717, 1.165) is 4.90 Å². The van der Waals surface area contributed by atoms with Crippen molar-refractivity contribution in [3.8, 4) is 6.07 Å². The zero-order valence-electron chi connectivity index (χ0n) is 15.4. The van der Waals surface area contributed by atoms with Crippen LogP contribution in [0.1, 0.15) is 11.1 Å². The number of nitrogens with zero attached hydrogens (tertiary/aromatic N) is 2. The van der Waals surface area contributed by atoms with Crippen molar-refractivity contribution in [2.75, 3.05) is 10.2 Å². The van der Waals surface area contributed by atoms with Gasteiger partial charge in [0.25, 0.3) is 11.8 Å². The van der Waals surface area contributed by atoms with Crippen molar-refractivity contribution in [1.82, 2.24) is 0 Å². The fourth-order valence-corrected chi connectivity index (χ4v) is 3.13. The van der Waals surface area contributed by atoms with Gasteiger partial charge in [-0.1, -0.05) is 12.1 Å². The fraction of sp³-hybridized carbons (Fsp3) is 0. The minimum absolute atomic E-state index is 0.0115. The lowest BCUT2D eigenvalue weighted by Crippen LogP contribution is -2.32. The topological polar surface area (TPSA) is 73.2 Å². The average molecular weight is 401 g/mol. The molecule has 1 aliphatic rings. The van der Waals surface area contributed by atoms with Gasteiger partial charge in [-0.15, -0.1) is 0 Å². The highest BCUT2D eigenvalue weighted by molar-refractivity contribution is 6.46. The molecular weight excluding hydrogens is 388 g/mol. The number of hydrogen-bond donors (Lipinski definition) is 1. The molecule has 0 fully saturated rings. The van der Waals surface area contributed by atoms with Gasteiger partial charge in [-0.05, 0) is 66.2 Å². The average Bonchev–Trinajstić information content (AvgIpc) is 3.00. The Labute approximate surface area is 170 Å². The predicted octanol–water partition coefficient (Wildman–Crippen LogP) is 4.23. The summed E-state index contributed by atoms with van der Waals surface area (Å²) in [6.07, 6.45) is 0. The Morgan fingerprint density at radius 2 is 1.33 bits per heavy atom. The first-order valence-corrected chi connectivity index (χ1v) is 8.89. The summed E-state index contributed by atoms with van der Waals surface area (Å²) in [6, 6.07) is 18.5. The van der Waals surface area contributed by atoms with E-state index < -0.39 is 23.4 Å². The maximum atomic E-state index is 13.4. The summed E-state index contributed by atoms with van der Waals surface area (Å²) in [6.45, 7) is 0. The first-order valence-electron chi connectivity index (χ1n) is 8.89. The molecule has 2 amide bonds. The van der Waals surface area contributed by atoms with Crippen LogP contribution in [0, 0.1) is 23.0 Å². The normalized spacial score (nSPS) is 13.6.